The number of halogens is 1. The second kappa shape index (κ2) is 8.01. The topological polar surface area (TPSA) is 36.4 Å². The molecule has 0 unspecified atom stereocenters. The van der Waals surface area contributed by atoms with Gasteiger partial charge in [-0.2, -0.15) is 0 Å². The zero-order chi connectivity index (χ0) is 16.9. The van der Waals surface area contributed by atoms with Crippen LogP contribution < -0.4 is 0 Å². The molecule has 0 radical (unpaired) electrons. The highest BCUT2D eigenvalue weighted by Gasteiger charge is 2.24. The average Bonchev–Trinajstić information content (AvgIpc) is 2.63. The summed E-state index contributed by atoms with van der Waals surface area (Å²) in [5.41, 5.74) is 1.66. The molecule has 1 amide bonds. The highest BCUT2D eigenvalue weighted by atomic mass is 35.5. The second-order valence-electron chi connectivity index (χ2n) is 5.74. The van der Waals surface area contributed by atoms with Crippen molar-refractivity contribution in [2.24, 2.45) is 0 Å². The Balaban J connectivity index is 1.61. The van der Waals surface area contributed by atoms with Crippen molar-refractivity contribution in [2.75, 3.05) is 32.4 Å². The van der Waals surface area contributed by atoms with E-state index in [1.54, 1.807) is 17.8 Å². The van der Waals surface area contributed by atoms with Crippen molar-refractivity contribution in [2.45, 2.75) is 11.4 Å². The monoisotopic (exact) mass is 361 g/mol. The van der Waals surface area contributed by atoms with Gasteiger partial charge in [0.2, 0.25) is 0 Å². The van der Waals surface area contributed by atoms with E-state index in [4.69, 9.17) is 11.6 Å². The molecule has 1 aliphatic heterocycles. The summed E-state index contributed by atoms with van der Waals surface area (Å²) in [5, 5.41) is 0.522. The van der Waals surface area contributed by atoms with Crippen LogP contribution >= 0.6 is 23.4 Å². The first-order valence-corrected chi connectivity index (χ1v) is 9.53. The number of pyridine rings is 1. The summed E-state index contributed by atoms with van der Waals surface area (Å²) in [6.07, 6.45) is 3.81. The fraction of sp³-hybridized carbons (Fsp3) is 0.333. The van der Waals surface area contributed by atoms with E-state index in [0.29, 0.717) is 23.7 Å². The molecule has 24 heavy (non-hydrogen) atoms. The molecule has 126 valence electrons. The van der Waals surface area contributed by atoms with Crippen LogP contribution in [0, 0.1) is 0 Å². The lowest BCUT2D eigenvalue weighted by molar-refractivity contribution is 0.0627. The van der Waals surface area contributed by atoms with Gasteiger partial charge < -0.3 is 4.90 Å². The molecule has 1 aliphatic rings. The summed E-state index contributed by atoms with van der Waals surface area (Å²) in [5.74, 6) is 0.0217. The van der Waals surface area contributed by atoms with Gasteiger partial charge in [-0.25, -0.2) is 0 Å². The maximum absolute atomic E-state index is 12.8. The molecule has 0 atom stereocenters. The zero-order valence-electron chi connectivity index (χ0n) is 13.6. The first-order valence-electron chi connectivity index (χ1n) is 7.92. The number of carbonyl (C=O) groups excluding carboxylic acids is 1. The number of benzene rings is 1. The number of carbonyl (C=O) groups is 1. The van der Waals surface area contributed by atoms with Gasteiger partial charge in [-0.1, -0.05) is 17.7 Å². The minimum atomic E-state index is 0.0217. The van der Waals surface area contributed by atoms with Gasteiger partial charge >= 0.3 is 0 Å². The Labute approximate surface area is 151 Å². The molecule has 2 aromatic rings. The number of hydrogen-bond acceptors (Lipinski definition) is 4. The van der Waals surface area contributed by atoms with Crippen LogP contribution in [0.15, 0.2) is 47.5 Å². The van der Waals surface area contributed by atoms with Crippen LogP contribution in [0.5, 0.6) is 0 Å². The van der Waals surface area contributed by atoms with Crippen molar-refractivity contribution < 1.29 is 4.79 Å². The minimum absolute atomic E-state index is 0.0217. The third kappa shape index (κ3) is 4.09. The predicted octanol–water partition coefficient (Wildman–Crippen LogP) is 3.41. The predicted molar refractivity (Wildman–Crippen MR) is 98.7 cm³/mol. The average molecular weight is 362 g/mol. The number of nitrogens with zero attached hydrogens (tertiary/aromatic N) is 3. The lowest BCUT2D eigenvalue weighted by atomic mass is 10.1. The van der Waals surface area contributed by atoms with Crippen molar-refractivity contribution in [3.8, 4) is 0 Å². The van der Waals surface area contributed by atoms with Crippen LogP contribution in [-0.2, 0) is 6.54 Å². The number of amides is 1. The SMILES string of the molecule is CSc1ccc(Cl)c(C(=O)N2CCN(Cc3ccccn3)CC2)c1. The van der Waals surface area contributed by atoms with Gasteiger partial charge in [0.25, 0.3) is 5.91 Å². The summed E-state index contributed by atoms with van der Waals surface area (Å²) in [7, 11) is 0. The van der Waals surface area contributed by atoms with E-state index in [1.165, 1.54) is 0 Å². The highest BCUT2D eigenvalue weighted by Crippen LogP contribution is 2.24. The van der Waals surface area contributed by atoms with E-state index in [-0.39, 0.29) is 5.91 Å². The fourth-order valence-electron chi connectivity index (χ4n) is 2.80. The van der Waals surface area contributed by atoms with Gasteiger partial charge in [-0.05, 0) is 36.6 Å². The smallest absolute Gasteiger partial charge is 0.255 e. The first kappa shape index (κ1) is 17.3. The standard InChI is InChI=1S/C18H20ClN3OS/c1-24-15-5-6-17(19)16(12-15)18(23)22-10-8-21(9-11-22)13-14-4-2-3-7-20-14/h2-7,12H,8-11,13H2,1H3. The van der Waals surface area contributed by atoms with E-state index in [0.717, 1.165) is 30.2 Å². The zero-order valence-corrected chi connectivity index (χ0v) is 15.2. The molecular weight excluding hydrogens is 342 g/mol. The Morgan fingerprint density at radius 1 is 1.21 bits per heavy atom. The summed E-state index contributed by atoms with van der Waals surface area (Å²) >= 11 is 7.84. The molecule has 2 heterocycles. The van der Waals surface area contributed by atoms with Crippen LogP contribution in [0.2, 0.25) is 5.02 Å². The van der Waals surface area contributed by atoms with Crippen molar-refractivity contribution in [3.05, 3.63) is 58.9 Å². The minimum Gasteiger partial charge on any atom is -0.336 e. The molecule has 0 spiro atoms. The van der Waals surface area contributed by atoms with Gasteiger partial charge in [0.1, 0.15) is 0 Å². The quantitative estimate of drug-likeness (QED) is 0.782. The third-order valence-corrected chi connectivity index (χ3v) is 5.23. The van der Waals surface area contributed by atoms with Crippen LogP contribution in [0.25, 0.3) is 0 Å². The summed E-state index contributed by atoms with van der Waals surface area (Å²) in [4.78, 5) is 22.4. The molecule has 1 aromatic heterocycles. The number of rotatable bonds is 4. The van der Waals surface area contributed by atoms with E-state index in [2.05, 4.69) is 9.88 Å². The molecule has 0 bridgehead atoms. The Bertz CT molecular complexity index is 703. The second-order valence-corrected chi connectivity index (χ2v) is 7.02. The van der Waals surface area contributed by atoms with Crippen LogP contribution in [0.4, 0.5) is 0 Å². The summed E-state index contributed by atoms with van der Waals surface area (Å²) in [6, 6.07) is 11.6. The lowest BCUT2D eigenvalue weighted by Gasteiger charge is -2.34. The molecule has 6 heteroatoms. The van der Waals surface area contributed by atoms with Crippen molar-refractivity contribution in [3.63, 3.8) is 0 Å². The van der Waals surface area contributed by atoms with Crippen LogP contribution in [0.3, 0.4) is 0 Å². The van der Waals surface area contributed by atoms with Gasteiger partial charge in [0.15, 0.2) is 0 Å². The van der Waals surface area contributed by atoms with Crippen molar-refractivity contribution in [1.29, 1.82) is 0 Å². The maximum atomic E-state index is 12.8. The Morgan fingerprint density at radius 3 is 2.67 bits per heavy atom. The Morgan fingerprint density at radius 2 is 2.00 bits per heavy atom. The van der Waals surface area contributed by atoms with Crippen LogP contribution in [0.1, 0.15) is 16.1 Å². The van der Waals surface area contributed by atoms with Gasteiger partial charge in [0, 0.05) is 43.8 Å². The molecule has 0 saturated carbocycles. The normalized spacial score (nSPS) is 15.5. The molecule has 4 nitrogen and oxygen atoms in total. The van der Waals surface area contributed by atoms with E-state index in [9.17, 15) is 4.79 Å². The largest absolute Gasteiger partial charge is 0.336 e. The van der Waals surface area contributed by atoms with Gasteiger partial charge in [0.05, 0.1) is 16.3 Å². The molecular formula is C18H20ClN3OS. The first-order chi connectivity index (χ1) is 11.7. The van der Waals surface area contributed by atoms with E-state index in [1.807, 2.05) is 47.7 Å². The molecule has 3 rings (SSSR count). The number of hydrogen-bond donors (Lipinski definition) is 0. The summed E-state index contributed by atoms with van der Waals surface area (Å²) in [6.45, 7) is 3.95. The lowest BCUT2D eigenvalue weighted by Crippen LogP contribution is -2.48. The molecule has 1 saturated heterocycles. The Hall–Kier alpha value is -1.56. The fourth-order valence-corrected chi connectivity index (χ4v) is 3.43. The van der Waals surface area contributed by atoms with Crippen molar-refractivity contribution in [1.82, 2.24) is 14.8 Å². The number of aromatic nitrogens is 1. The Kier molecular flexibility index (Phi) is 5.76. The number of piperazine rings is 1. The van der Waals surface area contributed by atoms with E-state index < -0.39 is 0 Å². The molecule has 0 aliphatic carbocycles. The summed E-state index contributed by atoms with van der Waals surface area (Å²) < 4.78 is 0. The maximum Gasteiger partial charge on any atom is 0.255 e. The van der Waals surface area contributed by atoms with Gasteiger partial charge in [-0.15, -0.1) is 11.8 Å². The number of thioether (sulfide) groups is 1. The molecule has 0 N–H and O–H groups in total. The molecule has 1 fully saturated rings. The highest BCUT2D eigenvalue weighted by molar-refractivity contribution is 7.98. The molecule has 1 aromatic carbocycles. The van der Waals surface area contributed by atoms with Gasteiger partial charge in [-0.3, -0.25) is 14.7 Å². The third-order valence-electron chi connectivity index (χ3n) is 4.18. The van der Waals surface area contributed by atoms with E-state index >= 15 is 0 Å². The van der Waals surface area contributed by atoms with Crippen LogP contribution in [-0.4, -0.2) is 53.1 Å². The van der Waals surface area contributed by atoms with Crippen molar-refractivity contribution >= 4 is 29.3 Å².